The van der Waals surface area contributed by atoms with Gasteiger partial charge in [-0.3, -0.25) is 4.79 Å². The zero-order chi connectivity index (χ0) is 30.5. The molecule has 0 amide bonds. The molecule has 1 aromatic heterocycles. The Balaban J connectivity index is 0.000000573. The molecule has 0 radical (unpaired) electrons. The summed E-state index contributed by atoms with van der Waals surface area (Å²) in [6.45, 7) is 18.6. The number of rotatable bonds is 9. The van der Waals surface area contributed by atoms with Crippen LogP contribution in [0.3, 0.4) is 0 Å². The van der Waals surface area contributed by atoms with E-state index >= 15 is 0 Å². The van der Waals surface area contributed by atoms with Crippen molar-refractivity contribution in [2.75, 3.05) is 24.6 Å². The van der Waals surface area contributed by atoms with Gasteiger partial charge in [0, 0.05) is 18.7 Å². The first kappa shape index (κ1) is 33.8. The van der Waals surface area contributed by atoms with Crippen molar-refractivity contribution in [3.63, 3.8) is 0 Å². The van der Waals surface area contributed by atoms with E-state index < -0.39 is 0 Å². The highest BCUT2D eigenvalue weighted by Gasteiger charge is 2.37. The quantitative estimate of drug-likeness (QED) is 0.184. The molecule has 8 heteroatoms. The van der Waals surface area contributed by atoms with E-state index in [1.165, 1.54) is 11.3 Å². The van der Waals surface area contributed by atoms with Crippen molar-refractivity contribution in [2.24, 2.45) is 5.41 Å². The molecule has 1 fully saturated rings. The van der Waals surface area contributed by atoms with Crippen LogP contribution in [0.2, 0.25) is 0 Å². The average Bonchev–Trinajstić information content (AvgIpc) is 3.61. The standard InChI is InChI=1S/C26H30N2O3S.C5H10O2.C2H6/c1-4-26(5-2)16-17-28(18-26)25-27-22(23(32-25)24(29)30-6-3)19-12-14-21(15-13-19)31-20-10-8-7-9-11-20;1-5(2,3)7-4-6;1-2/h7-15H,4-6,16-18H2,1-3H3;4H,1-3H3;1-2H3. The lowest BCUT2D eigenvalue weighted by molar-refractivity contribution is -0.138. The number of nitrogens with zero attached hydrogens (tertiary/aromatic N) is 2. The summed E-state index contributed by atoms with van der Waals surface area (Å²) in [6, 6.07) is 17.4. The lowest BCUT2D eigenvalue weighted by atomic mass is 9.82. The second-order valence-electron chi connectivity index (χ2n) is 10.5. The first-order chi connectivity index (χ1) is 19.6. The molecule has 1 aliphatic heterocycles. The second kappa shape index (κ2) is 16.2. The summed E-state index contributed by atoms with van der Waals surface area (Å²) in [5, 5.41) is 0.899. The monoisotopic (exact) mass is 582 g/mol. The van der Waals surface area contributed by atoms with Gasteiger partial charge in [-0.2, -0.15) is 0 Å². The molecule has 0 spiro atoms. The van der Waals surface area contributed by atoms with Crippen LogP contribution in [0.15, 0.2) is 54.6 Å². The van der Waals surface area contributed by atoms with Crippen LogP contribution in [0.1, 0.15) is 84.3 Å². The van der Waals surface area contributed by atoms with E-state index in [4.69, 9.17) is 14.5 Å². The fourth-order valence-corrected chi connectivity index (χ4v) is 5.36. The third kappa shape index (κ3) is 9.88. The van der Waals surface area contributed by atoms with E-state index in [1.54, 1.807) is 0 Å². The maximum atomic E-state index is 12.7. The highest BCUT2D eigenvalue weighted by Crippen LogP contribution is 2.42. The number of ether oxygens (including phenoxy) is 3. The zero-order valence-corrected chi connectivity index (χ0v) is 26.7. The van der Waals surface area contributed by atoms with Gasteiger partial charge in [-0.05, 0) is 88.8 Å². The predicted octanol–water partition coefficient (Wildman–Crippen LogP) is 8.78. The molecule has 0 aliphatic carbocycles. The van der Waals surface area contributed by atoms with Gasteiger partial charge in [0.2, 0.25) is 0 Å². The second-order valence-corrected chi connectivity index (χ2v) is 11.5. The first-order valence-corrected chi connectivity index (χ1v) is 15.3. The summed E-state index contributed by atoms with van der Waals surface area (Å²) >= 11 is 1.44. The minimum atomic E-state index is -0.318. The van der Waals surface area contributed by atoms with Crippen LogP contribution in [0.5, 0.6) is 11.5 Å². The smallest absolute Gasteiger partial charge is 0.350 e. The molecule has 1 aliphatic rings. The van der Waals surface area contributed by atoms with Crippen LogP contribution in [0.4, 0.5) is 5.13 Å². The third-order valence-electron chi connectivity index (χ3n) is 6.79. The van der Waals surface area contributed by atoms with E-state index in [0.717, 1.165) is 54.5 Å². The van der Waals surface area contributed by atoms with Gasteiger partial charge < -0.3 is 19.1 Å². The highest BCUT2D eigenvalue weighted by atomic mass is 32.1. The summed E-state index contributed by atoms with van der Waals surface area (Å²) in [5.74, 6) is 1.21. The van der Waals surface area contributed by atoms with Crippen molar-refractivity contribution in [3.8, 4) is 22.8 Å². The summed E-state index contributed by atoms with van der Waals surface area (Å²) in [5.41, 5.74) is 1.58. The number of carbonyl (C=O) groups excluding carboxylic acids is 2. The van der Waals surface area contributed by atoms with Crippen molar-refractivity contribution in [3.05, 3.63) is 59.5 Å². The van der Waals surface area contributed by atoms with E-state index in [-0.39, 0.29) is 11.6 Å². The fourth-order valence-electron chi connectivity index (χ4n) is 4.35. The average molecular weight is 583 g/mol. The molecule has 41 heavy (non-hydrogen) atoms. The largest absolute Gasteiger partial charge is 0.462 e. The molecule has 7 nitrogen and oxygen atoms in total. The van der Waals surface area contributed by atoms with Crippen LogP contribution >= 0.6 is 11.3 Å². The van der Waals surface area contributed by atoms with Gasteiger partial charge >= 0.3 is 5.97 Å². The lowest BCUT2D eigenvalue weighted by Crippen LogP contribution is -2.25. The SMILES string of the molecule is CC.CC(C)(C)OC=O.CCOC(=O)c1sc(N2CCC(CC)(CC)C2)nc1-c1ccc(Oc2ccccc2)cc1. The summed E-state index contributed by atoms with van der Waals surface area (Å²) in [4.78, 5) is 30.1. The van der Waals surface area contributed by atoms with Gasteiger partial charge in [0.15, 0.2) is 5.13 Å². The van der Waals surface area contributed by atoms with Crippen molar-refractivity contribution in [1.29, 1.82) is 0 Å². The maximum absolute atomic E-state index is 12.7. The third-order valence-corrected chi connectivity index (χ3v) is 7.89. The van der Waals surface area contributed by atoms with E-state index in [9.17, 15) is 9.59 Å². The number of benzene rings is 2. The number of hydrogen-bond donors (Lipinski definition) is 0. The topological polar surface area (TPSA) is 78.0 Å². The van der Waals surface area contributed by atoms with Gasteiger partial charge in [0.25, 0.3) is 6.47 Å². The van der Waals surface area contributed by atoms with Crippen molar-refractivity contribution in [1.82, 2.24) is 4.98 Å². The Morgan fingerprint density at radius 2 is 1.61 bits per heavy atom. The fraction of sp³-hybridized carbons (Fsp3) is 0.485. The lowest BCUT2D eigenvalue weighted by Gasteiger charge is -2.26. The van der Waals surface area contributed by atoms with E-state index in [1.807, 2.05) is 96.1 Å². The molecular formula is C33H46N2O5S. The minimum Gasteiger partial charge on any atom is -0.462 e. The number of hydrogen-bond acceptors (Lipinski definition) is 8. The van der Waals surface area contributed by atoms with E-state index in [0.29, 0.717) is 29.1 Å². The van der Waals surface area contributed by atoms with Gasteiger partial charge in [-0.1, -0.05) is 57.2 Å². The van der Waals surface area contributed by atoms with Gasteiger partial charge in [0.05, 0.1) is 12.3 Å². The Morgan fingerprint density at radius 1 is 1.00 bits per heavy atom. The number of para-hydroxylation sites is 1. The molecule has 4 rings (SSSR count). The molecule has 0 N–H and O–H groups in total. The number of aromatic nitrogens is 1. The summed E-state index contributed by atoms with van der Waals surface area (Å²) in [7, 11) is 0. The van der Waals surface area contributed by atoms with Crippen LogP contribution in [0, 0.1) is 5.41 Å². The number of anilines is 1. The minimum absolute atomic E-state index is 0.313. The molecule has 0 unspecified atom stereocenters. The van der Waals surface area contributed by atoms with E-state index in [2.05, 4.69) is 23.5 Å². The Morgan fingerprint density at radius 3 is 2.10 bits per heavy atom. The zero-order valence-electron chi connectivity index (χ0n) is 25.9. The van der Waals surface area contributed by atoms with Crippen molar-refractivity contribution in [2.45, 2.75) is 80.3 Å². The molecule has 0 atom stereocenters. The van der Waals surface area contributed by atoms with Crippen LogP contribution < -0.4 is 9.64 Å². The number of carbonyl (C=O) groups is 2. The molecule has 224 valence electrons. The molecule has 0 saturated carbocycles. The maximum Gasteiger partial charge on any atom is 0.350 e. The Kier molecular flexibility index (Phi) is 13.3. The molecule has 1 saturated heterocycles. The van der Waals surface area contributed by atoms with Gasteiger partial charge in [-0.15, -0.1) is 0 Å². The van der Waals surface area contributed by atoms with Crippen molar-refractivity contribution >= 4 is 28.9 Å². The van der Waals surface area contributed by atoms with Crippen LogP contribution in [0.25, 0.3) is 11.3 Å². The van der Waals surface area contributed by atoms with Crippen molar-refractivity contribution < 1.29 is 23.8 Å². The Bertz CT molecular complexity index is 1200. The normalized spacial score (nSPS) is 13.7. The first-order valence-electron chi connectivity index (χ1n) is 14.5. The molecule has 2 aromatic carbocycles. The summed E-state index contributed by atoms with van der Waals surface area (Å²) in [6.07, 6.45) is 3.48. The Hall–Kier alpha value is -3.39. The summed E-state index contributed by atoms with van der Waals surface area (Å²) < 4.78 is 15.8. The highest BCUT2D eigenvalue weighted by molar-refractivity contribution is 7.18. The van der Waals surface area contributed by atoms with Gasteiger partial charge in [-0.25, -0.2) is 9.78 Å². The number of esters is 1. The van der Waals surface area contributed by atoms with Crippen LogP contribution in [-0.2, 0) is 14.3 Å². The molecule has 3 aromatic rings. The predicted molar refractivity (Wildman–Crippen MR) is 168 cm³/mol. The Labute approximate surface area is 249 Å². The number of thiazole rings is 1. The van der Waals surface area contributed by atoms with Gasteiger partial charge in [0.1, 0.15) is 22.0 Å². The molecular weight excluding hydrogens is 536 g/mol. The molecule has 0 bridgehead atoms. The van der Waals surface area contributed by atoms with Crippen LogP contribution in [-0.4, -0.2) is 42.7 Å². The molecule has 2 heterocycles.